The number of hydrogen-bond acceptors (Lipinski definition) is 2. The molecule has 0 amide bonds. The second-order valence-corrected chi connectivity index (χ2v) is 4.13. The molecule has 2 heteroatoms. The minimum Gasteiger partial charge on any atom is -0.377 e. The second kappa shape index (κ2) is 3.97. The standard InChI is InChI=1S/C14H15NO/c1-10(16)12-8-4-6-11-7-5-9-13(14(11)12)15(2)3/h4-9H,1-3H3. The average molecular weight is 213 g/mol. The molecule has 0 aliphatic heterocycles. The highest BCUT2D eigenvalue weighted by Gasteiger charge is 2.10. The lowest BCUT2D eigenvalue weighted by molar-refractivity contribution is 0.101. The zero-order chi connectivity index (χ0) is 11.7. The number of fused-ring (bicyclic) bond motifs is 1. The van der Waals surface area contributed by atoms with Crippen LogP contribution >= 0.6 is 0 Å². The number of ketones is 1. The number of hydrogen-bond donors (Lipinski definition) is 0. The molecule has 0 aliphatic carbocycles. The van der Waals surface area contributed by atoms with E-state index in [1.165, 1.54) is 0 Å². The van der Waals surface area contributed by atoms with Gasteiger partial charge in [0.05, 0.1) is 0 Å². The molecule has 0 saturated heterocycles. The third-order valence-corrected chi connectivity index (χ3v) is 2.74. The summed E-state index contributed by atoms with van der Waals surface area (Å²) in [6.07, 6.45) is 0. The van der Waals surface area contributed by atoms with Crippen LogP contribution in [0.5, 0.6) is 0 Å². The molecule has 0 heterocycles. The number of nitrogens with zero attached hydrogens (tertiary/aromatic N) is 1. The van der Waals surface area contributed by atoms with Gasteiger partial charge in [0, 0.05) is 30.7 Å². The van der Waals surface area contributed by atoms with Crippen LogP contribution in [-0.4, -0.2) is 19.9 Å². The van der Waals surface area contributed by atoms with E-state index in [0.29, 0.717) is 0 Å². The van der Waals surface area contributed by atoms with Gasteiger partial charge in [0.15, 0.2) is 5.78 Å². The first-order valence-electron chi connectivity index (χ1n) is 5.31. The van der Waals surface area contributed by atoms with Crippen molar-refractivity contribution in [1.29, 1.82) is 0 Å². The Morgan fingerprint density at radius 2 is 1.69 bits per heavy atom. The Hall–Kier alpha value is -1.83. The second-order valence-electron chi connectivity index (χ2n) is 4.13. The van der Waals surface area contributed by atoms with Crippen LogP contribution < -0.4 is 4.90 Å². The van der Waals surface area contributed by atoms with Crippen LogP contribution in [0.1, 0.15) is 17.3 Å². The van der Waals surface area contributed by atoms with Crippen molar-refractivity contribution in [3.05, 3.63) is 42.0 Å². The quantitative estimate of drug-likeness (QED) is 0.714. The summed E-state index contributed by atoms with van der Waals surface area (Å²) in [5.41, 5.74) is 1.88. The van der Waals surface area contributed by atoms with Crippen LogP contribution in [0, 0.1) is 0 Å². The Balaban J connectivity index is 2.87. The number of rotatable bonds is 2. The van der Waals surface area contributed by atoms with Gasteiger partial charge in [0.2, 0.25) is 0 Å². The van der Waals surface area contributed by atoms with Crippen LogP contribution in [0.25, 0.3) is 10.8 Å². The van der Waals surface area contributed by atoms with Crippen molar-refractivity contribution in [3.63, 3.8) is 0 Å². The monoisotopic (exact) mass is 213 g/mol. The molecule has 16 heavy (non-hydrogen) atoms. The van der Waals surface area contributed by atoms with Gasteiger partial charge in [-0.2, -0.15) is 0 Å². The summed E-state index contributed by atoms with van der Waals surface area (Å²) in [5, 5.41) is 2.15. The molecule has 0 atom stereocenters. The summed E-state index contributed by atoms with van der Waals surface area (Å²) in [6, 6.07) is 11.9. The molecule has 0 bridgehead atoms. The predicted octanol–water partition coefficient (Wildman–Crippen LogP) is 3.11. The molecule has 2 aromatic carbocycles. The molecule has 0 N–H and O–H groups in total. The topological polar surface area (TPSA) is 20.3 Å². The molecule has 0 fully saturated rings. The summed E-state index contributed by atoms with van der Waals surface area (Å²) >= 11 is 0. The lowest BCUT2D eigenvalue weighted by Gasteiger charge is -2.17. The van der Waals surface area contributed by atoms with Crippen molar-refractivity contribution in [1.82, 2.24) is 0 Å². The molecule has 2 aromatic rings. The first-order valence-corrected chi connectivity index (χ1v) is 5.31. The largest absolute Gasteiger partial charge is 0.377 e. The molecular weight excluding hydrogens is 198 g/mol. The molecule has 82 valence electrons. The predicted molar refractivity (Wildman–Crippen MR) is 68.3 cm³/mol. The SMILES string of the molecule is CC(=O)c1cccc2cccc(N(C)C)c12. The highest BCUT2D eigenvalue weighted by atomic mass is 16.1. The summed E-state index contributed by atoms with van der Waals surface area (Å²) in [4.78, 5) is 13.7. The molecular formula is C14H15NO. The van der Waals surface area contributed by atoms with E-state index in [2.05, 4.69) is 0 Å². The van der Waals surface area contributed by atoms with E-state index >= 15 is 0 Å². The zero-order valence-electron chi connectivity index (χ0n) is 9.82. The maximum Gasteiger partial charge on any atom is 0.160 e. The number of carbonyl (C=O) groups excluding carboxylic acids is 1. The molecule has 0 aliphatic rings. The van der Waals surface area contributed by atoms with Crippen molar-refractivity contribution in [2.24, 2.45) is 0 Å². The molecule has 0 spiro atoms. The van der Waals surface area contributed by atoms with Crippen LogP contribution in [0.15, 0.2) is 36.4 Å². The Bertz CT molecular complexity index is 538. The van der Waals surface area contributed by atoms with E-state index in [9.17, 15) is 4.79 Å². The van der Waals surface area contributed by atoms with E-state index in [1.54, 1.807) is 6.92 Å². The molecule has 0 radical (unpaired) electrons. The highest BCUT2D eigenvalue weighted by molar-refractivity contribution is 6.11. The fourth-order valence-electron chi connectivity index (χ4n) is 1.99. The molecule has 2 rings (SSSR count). The summed E-state index contributed by atoms with van der Waals surface area (Å²) in [5.74, 6) is 0.111. The smallest absolute Gasteiger partial charge is 0.160 e. The van der Waals surface area contributed by atoms with Crippen LogP contribution in [0.4, 0.5) is 5.69 Å². The number of Topliss-reactive ketones (excluding diaryl/α,β-unsaturated/α-hetero) is 1. The van der Waals surface area contributed by atoms with E-state index in [0.717, 1.165) is 22.0 Å². The van der Waals surface area contributed by atoms with Crippen LogP contribution in [-0.2, 0) is 0 Å². The molecule has 2 nitrogen and oxygen atoms in total. The van der Waals surface area contributed by atoms with E-state index in [-0.39, 0.29) is 5.78 Å². The van der Waals surface area contributed by atoms with Crippen molar-refractivity contribution in [3.8, 4) is 0 Å². The summed E-state index contributed by atoms with van der Waals surface area (Å²) in [6.45, 7) is 1.61. The summed E-state index contributed by atoms with van der Waals surface area (Å²) < 4.78 is 0. The molecule has 0 aromatic heterocycles. The van der Waals surface area contributed by atoms with Gasteiger partial charge in [-0.15, -0.1) is 0 Å². The Labute approximate surface area is 95.5 Å². The zero-order valence-corrected chi connectivity index (χ0v) is 9.82. The molecule has 0 unspecified atom stereocenters. The van der Waals surface area contributed by atoms with E-state index < -0.39 is 0 Å². The normalized spacial score (nSPS) is 10.4. The summed E-state index contributed by atoms with van der Waals surface area (Å²) in [7, 11) is 3.98. The third-order valence-electron chi connectivity index (χ3n) is 2.74. The fourth-order valence-corrected chi connectivity index (χ4v) is 1.99. The van der Waals surface area contributed by atoms with Gasteiger partial charge in [-0.05, 0) is 18.4 Å². The lowest BCUT2D eigenvalue weighted by atomic mass is 10.00. The lowest BCUT2D eigenvalue weighted by Crippen LogP contribution is -2.10. The number of carbonyl (C=O) groups is 1. The van der Waals surface area contributed by atoms with E-state index in [4.69, 9.17) is 0 Å². The number of anilines is 1. The van der Waals surface area contributed by atoms with Crippen molar-refractivity contribution in [2.45, 2.75) is 6.92 Å². The van der Waals surface area contributed by atoms with Crippen molar-refractivity contribution in [2.75, 3.05) is 19.0 Å². The fraction of sp³-hybridized carbons (Fsp3) is 0.214. The first-order chi connectivity index (χ1) is 7.61. The Morgan fingerprint density at radius 1 is 1.06 bits per heavy atom. The average Bonchev–Trinajstić information content (AvgIpc) is 2.27. The number of benzene rings is 2. The van der Waals surface area contributed by atoms with Gasteiger partial charge < -0.3 is 4.90 Å². The maximum atomic E-state index is 11.6. The third kappa shape index (κ3) is 1.67. The van der Waals surface area contributed by atoms with Gasteiger partial charge >= 0.3 is 0 Å². The van der Waals surface area contributed by atoms with Gasteiger partial charge in [0.25, 0.3) is 0 Å². The van der Waals surface area contributed by atoms with Gasteiger partial charge in [-0.25, -0.2) is 0 Å². The first kappa shape index (κ1) is 10.7. The van der Waals surface area contributed by atoms with Crippen molar-refractivity contribution < 1.29 is 4.79 Å². The Morgan fingerprint density at radius 3 is 2.25 bits per heavy atom. The Kier molecular flexibility index (Phi) is 2.65. The van der Waals surface area contributed by atoms with Crippen LogP contribution in [0.2, 0.25) is 0 Å². The minimum absolute atomic E-state index is 0.111. The highest BCUT2D eigenvalue weighted by Crippen LogP contribution is 2.28. The molecule has 0 saturated carbocycles. The van der Waals surface area contributed by atoms with Gasteiger partial charge in [0.1, 0.15) is 0 Å². The maximum absolute atomic E-state index is 11.6. The minimum atomic E-state index is 0.111. The van der Waals surface area contributed by atoms with E-state index in [1.807, 2.05) is 55.4 Å². The van der Waals surface area contributed by atoms with Gasteiger partial charge in [-0.1, -0.05) is 30.3 Å². The van der Waals surface area contributed by atoms with Gasteiger partial charge in [-0.3, -0.25) is 4.79 Å². The van der Waals surface area contributed by atoms with Crippen molar-refractivity contribution >= 4 is 22.2 Å². The van der Waals surface area contributed by atoms with Crippen LogP contribution in [0.3, 0.4) is 0 Å².